The van der Waals surface area contributed by atoms with Gasteiger partial charge in [0, 0.05) is 12.2 Å². The molecule has 1 nitrogen and oxygen atoms in total. The van der Waals surface area contributed by atoms with Crippen molar-refractivity contribution in [2.45, 2.75) is 0 Å². The van der Waals surface area contributed by atoms with Crippen LogP contribution in [-0.4, -0.2) is 6.54 Å². The van der Waals surface area contributed by atoms with Crippen molar-refractivity contribution in [3.8, 4) is 0 Å². The Morgan fingerprint density at radius 3 is 2.50 bits per heavy atom. The van der Waals surface area contributed by atoms with Crippen molar-refractivity contribution in [3.63, 3.8) is 0 Å². The molecule has 0 atom stereocenters. The maximum atomic E-state index is 5.43. The Kier molecular flexibility index (Phi) is 3.98. The van der Waals surface area contributed by atoms with Gasteiger partial charge in [-0.25, -0.2) is 0 Å². The van der Waals surface area contributed by atoms with Crippen LogP contribution < -0.4 is 5.32 Å². The molecule has 1 rings (SSSR count). The molecule has 0 saturated heterocycles. The Morgan fingerprint density at radius 2 is 1.92 bits per heavy atom. The fraction of sp³-hybridized carbons (Fsp3) is 0.111. The Morgan fingerprint density at radius 1 is 1.25 bits per heavy atom. The fourth-order valence-corrected chi connectivity index (χ4v) is 0.956. The van der Waals surface area contributed by atoms with Gasteiger partial charge in [-0.05, 0) is 18.2 Å². The molecule has 3 heteroatoms. The number of para-hydroxylation sites is 1. The number of anilines is 1. The van der Waals surface area contributed by atoms with Gasteiger partial charge in [0.2, 0.25) is 0 Å². The summed E-state index contributed by atoms with van der Waals surface area (Å²) < 4.78 is 0.290. The molecule has 0 spiro atoms. The molecule has 0 unspecified atom stereocenters. The normalized spacial score (nSPS) is 9.17. The SMILES string of the molecule is ClC(Cl)=CCNc1ccccc1. The van der Waals surface area contributed by atoms with Gasteiger partial charge in [0.1, 0.15) is 4.49 Å². The summed E-state index contributed by atoms with van der Waals surface area (Å²) in [7, 11) is 0. The van der Waals surface area contributed by atoms with Crippen LogP contribution in [0.15, 0.2) is 40.9 Å². The number of nitrogens with one attached hydrogen (secondary N) is 1. The summed E-state index contributed by atoms with van der Waals surface area (Å²) in [5.41, 5.74) is 1.06. The zero-order valence-corrected chi connectivity index (χ0v) is 7.94. The zero-order valence-electron chi connectivity index (χ0n) is 6.43. The molecular weight excluding hydrogens is 193 g/mol. The smallest absolute Gasteiger partial charge is 0.104 e. The molecule has 0 radical (unpaired) electrons. The number of hydrogen-bond acceptors (Lipinski definition) is 1. The molecule has 0 fully saturated rings. The van der Waals surface area contributed by atoms with E-state index >= 15 is 0 Å². The molecule has 0 aliphatic heterocycles. The second kappa shape index (κ2) is 5.07. The minimum atomic E-state index is 0.290. The van der Waals surface area contributed by atoms with Crippen LogP contribution in [-0.2, 0) is 0 Å². The molecule has 0 bridgehead atoms. The summed E-state index contributed by atoms with van der Waals surface area (Å²) >= 11 is 10.9. The van der Waals surface area contributed by atoms with Crippen LogP contribution in [0.1, 0.15) is 0 Å². The third-order valence-electron chi connectivity index (χ3n) is 1.34. The van der Waals surface area contributed by atoms with E-state index in [1.54, 1.807) is 6.08 Å². The third-order valence-corrected chi connectivity index (χ3v) is 1.64. The highest BCUT2D eigenvalue weighted by atomic mass is 35.5. The van der Waals surface area contributed by atoms with Crippen LogP contribution in [0.5, 0.6) is 0 Å². The first-order valence-corrected chi connectivity index (χ1v) is 4.35. The molecule has 64 valence electrons. The predicted molar refractivity (Wildman–Crippen MR) is 54.7 cm³/mol. The molecule has 0 aliphatic rings. The highest BCUT2D eigenvalue weighted by Crippen LogP contribution is 2.07. The zero-order chi connectivity index (χ0) is 8.81. The second-order valence-electron chi connectivity index (χ2n) is 2.24. The number of halogens is 2. The predicted octanol–water partition coefficient (Wildman–Crippen LogP) is 3.42. The second-order valence-corrected chi connectivity index (χ2v) is 3.25. The topological polar surface area (TPSA) is 12.0 Å². The quantitative estimate of drug-likeness (QED) is 0.791. The van der Waals surface area contributed by atoms with Crippen LogP contribution in [0.2, 0.25) is 0 Å². The van der Waals surface area contributed by atoms with Crippen molar-refractivity contribution in [2.75, 3.05) is 11.9 Å². The molecule has 0 amide bonds. The summed E-state index contributed by atoms with van der Waals surface area (Å²) in [6.45, 7) is 0.645. The highest BCUT2D eigenvalue weighted by molar-refractivity contribution is 6.55. The average Bonchev–Trinajstić information content (AvgIpc) is 2.05. The molecular formula is C9H9Cl2N. The Hall–Kier alpha value is -0.660. The van der Waals surface area contributed by atoms with Crippen molar-refractivity contribution >= 4 is 28.9 Å². The van der Waals surface area contributed by atoms with E-state index in [9.17, 15) is 0 Å². The van der Waals surface area contributed by atoms with Gasteiger partial charge in [-0.3, -0.25) is 0 Å². The van der Waals surface area contributed by atoms with Crippen LogP contribution in [0.25, 0.3) is 0 Å². The minimum Gasteiger partial charge on any atom is -0.381 e. The minimum absolute atomic E-state index is 0.290. The van der Waals surface area contributed by atoms with E-state index in [-0.39, 0.29) is 0 Å². The van der Waals surface area contributed by atoms with E-state index < -0.39 is 0 Å². The Labute approximate surface area is 82.0 Å². The summed E-state index contributed by atoms with van der Waals surface area (Å²) in [5.74, 6) is 0. The molecule has 0 aliphatic carbocycles. The van der Waals surface area contributed by atoms with Crippen LogP contribution in [0.4, 0.5) is 5.69 Å². The average molecular weight is 202 g/mol. The largest absolute Gasteiger partial charge is 0.381 e. The van der Waals surface area contributed by atoms with E-state index in [0.29, 0.717) is 11.0 Å². The van der Waals surface area contributed by atoms with Gasteiger partial charge in [-0.2, -0.15) is 0 Å². The summed E-state index contributed by atoms with van der Waals surface area (Å²) in [6, 6.07) is 9.87. The van der Waals surface area contributed by atoms with Gasteiger partial charge >= 0.3 is 0 Å². The van der Waals surface area contributed by atoms with Crippen LogP contribution in [0, 0.1) is 0 Å². The van der Waals surface area contributed by atoms with Crippen molar-refractivity contribution in [2.24, 2.45) is 0 Å². The van der Waals surface area contributed by atoms with E-state index in [0.717, 1.165) is 5.69 Å². The molecule has 0 heterocycles. The fourth-order valence-electron chi connectivity index (χ4n) is 0.802. The van der Waals surface area contributed by atoms with E-state index in [4.69, 9.17) is 23.2 Å². The first-order valence-electron chi connectivity index (χ1n) is 3.59. The number of rotatable bonds is 3. The van der Waals surface area contributed by atoms with Gasteiger partial charge in [0.05, 0.1) is 0 Å². The maximum Gasteiger partial charge on any atom is 0.104 e. The van der Waals surface area contributed by atoms with Gasteiger partial charge in [0.15, 0.2) is 0 Å². The first-order chi connectivity index (χ1) is 5.79. The lowest BCUT2D eigenvalue weighted by molar-refractivity contribution is 1.34. The van der Waals surface area contributed by atoms with Crippen molar-refractivity contribution in [1.82, 2.24) is 0 Å². The number of hydrogen-bond donors (Lipinski definition) is 1. The van der Waals surface area contributed by atoms with Crippen LogP contribution >= 0.6 is 23.2 Å². The van der Waals surface area contributed by atoms with Crippen LogP contribution in [0.3, 0.4) is 0 Å². The monoisotopic (exact) mass is 201 g/mol. The van der Waals surface area contributed by atoms with Gasteiger partial charge in [-0.15, -0.1) is 0 Å². The molecule has 0 aromatic heterocycles. The lowest BCUT2D eigenvalue weighted by atomic mass is 10.3. The maximum absolute atomic E-state index is 5.43. The lowest BCUT2D eigenvalue weighted by Crippen LogP contribution is -1.97. The first kappa shape index (κ1) is 9.43. The highest BCUT2D eigenvalue weighted by Gasteiger charge is 1.86. The van der Waals surface area contributed by atoms with Crippen molar-refractivity contribution in [1.29, 1.82) is 0 Å². The Bertz CT molecular complexity index is 252. The molecule has 1 aromatic carbocycles. The Balaban J connectivity index is 2.39. The van der Waals surface area contributed by atoms with Gasteiger partial charge in [0.25, 0.3) is 0 Å². The molecule has 1 N–H and O–H groups in total. The summed E-state index contributed by atoms with van der Waals surface area (Å²) in [5, 5.41) is 3.13. The standard InChI is InChI=1S/C9H9Cl2N/c10-9(11)6-7-12-8-4-2-1-3-5-8/h1-6,12H,7H2. The van der Waals surface area contributed by atoms with E-state index in [1.807, 2.05) is 30.3 Å². The van der Waals surface area contributed by atoms with Crippen molar-refractivity contribution in [3.05, 3.63) is 40.9 Å². The van der Waals surface area contributed by atoms with Gasteiger partial charge in [-0.1, -0.05) is 41.4 Å². The summed E-state index contributed by atoms with van der Waals surface area (Å²) in [6.07, 6.45) is 1.70. The lowest BCUT2D eigenvalue weighted by Gasteiger charge is -2.00. The summed E-state index contributed by atoms with van der Waals surface area (Å²) in [4.78, 5) is 0. The van der Waals surface area contributed by atoms with E-state index in [2.05, 4.69) is 5.32 Å². The third kappa shape index (κ3) is 3.65. The number of benzene rings is 1. The molecule has 1 aromatic rings. The van der Waals surface area contributed by atoms with Crippen molar-refractivity contribution < 1.29 is 0 Å². The molecule has 12 heavy (non-hydrogen) atoms. The van der Waals surface area contributed by atoms with Gasteiger partial charge < -0.3 is 5.32 Å². The molecule has 0 saturated carbocycles. The van der Waals surface area contributed by atoms with E-state index in [1.165, 1.54) is 0 Å².